The molecule has 0 aromatic heterocycles. The number of hydrogen-bond acceptors (Lipinski definition) is 3. The lowest BCUT2D eigenvalue weighted by molar-refractivity contribution is -0.0393. The third kappa shape index (κ3) is 2.94. The Morgan fingerprint density at radius 3 is 2.57 bits per heavy atom. The van der Waals surface area contributed by atoms with E-state index >= 15 is 0 Å². The molecule has 0 saturated carbocycles. The van der Waals surface area contributed by atoms with E-state index in [0.717, 1.165) is 19.3 Å². The zero-order valence-corrected chi connectivity index (χ0v) is 9.55. The summed E-state index contributed by atoms with van der Waals surface area (Å²) >= 11 is 0. The minimum atomic E-state index is -0.176. The molecule has 3 heteroatoms. The van der Waals surface area contributed by atoms with Crippen molar-refractivity contribution in [1.29, 1.82) is 0 Å². The lowest BCUT2D eigenvalue weighted by atomic mass is 9.84. The van der Waals surface area contributed by atoms with Crippen LogP contribution in [0.25, 0.3) is 0 Å². The van der Waals surface area contributed by atoms with Crippen molar-refractivity contribution in [3.63, 3.8) is 0 Å². The van der Waals surface area contributed by atoms with Crippen molar-refractivity contribution in [2.45, 2.75) is 51.7 Å². The average Bonchev–Trinajstić information content (AvgIpc) is 2.45. The van der Waals surface area contributed by atoms with Gasteiger partial charge in [0.15, 0.2) is 0 Å². The van der Waals surface area contributed by atoms with E-state index < -0.39 is 0 Å². The minimum absolute atomic E-state index is 0.00955. The van der Waals surface area contributed by atoms with Gasteiger partial charge in [0.2, 0.25) is 0 Å². The quantitative estimate of drug-likeness (QED) is 0.720. The molecule has 0 spiro atoms. The summed E-state index contributed by atoms with van der Waals surface area (Å²) in [6, 6.07) is 0. The molecule has 1 heterocycles. The predicted molar refractivity (Wildman–Crippen MR) is 57.1 cm³/mol. The molecule has 3 nitrogen and oxygen atoms in total. The molecule has 14 heavy (non-hydrogen) atoms. The van der Waals surface area contributed by atoms with Gasteiger partial charge in [-0.2, -0.15) is 0 Å². The largest absolute Gasteiger partial charge is 0.396 e. The molecule has 0 aromatic carbocycles. The Bertz CT molecular complexity index is 188. The molecule has 1 aliphatic heterocycles. The molecular formula is C11H23NO2. The van der Waals surface area contributed by atoms with Crippen molar-refractivity contribution in [3.05, 3.63) is 0 Å². The number of hydrogen-bond donors (Lipinski definition) is 2. The van der Waals surface area contributed by atoms with E-state index in [1.54, 1.807) is 0 Å². The van der Waals surface area contributed by atoms with Crippen LogP contribution in [0.1, 0.15) is 40.0 Å². The van der Waals surface area contributed by atoms with Crippen molar-refractivity contribution in [1.82, 2.24) is 0 Å². The topological polar surface area (TPSA) is 55.5 Å². The molecule has 1 fully saturated rings. The standard InChI is InChI=1S/C11H23NO2/c1-10(2)5-4-9(14-10)6-11(3,7-12)8-13/h9,13H,4-8,12H2,1-3H3. The first kappa shape index (κ1) is 12.0. The van der Waals surface area contributed by atoms with E-state index in [0.29, 0.717) is 6.54 Å². The highest BCUT2D eigenvalue weighted by Crippen LogP contribution is 2.35. The van der Waals surface area contributed by atoms with Crippen LogP contribution < -0.4 is 5.73 Å². The number of rotatable bonds is 4. The Kier molecular flexibility index (Phi) is 3.56. The molecule has 0 bridgehead atoms. The molecule has 0 aliphatic carbocycles. The van der Waals surface area contributed by atoms with Crippen LogP contribution in [0.3, 0.4) is 0 Å². The smallest absolute Gasteiger partial charge is 0.0631 e. The van der Waals surface area contributed by atoms with Crippen LogP contribution >= 0.6 is 0 Å². The van der Waals surface area contributed by atoms with Crippen molar-refractivity contribution in [2.75, 3.05) is 13.2 Å². The first-order chi connectivity index (χ1) is 6.41. The van der Waals surface area contributed by atoms with E-state index in [-0.39, 0.29) is 23.7 Å². The van der Waals surface area contributed by atoms with Gasteiger partial charge in [-0.15, -0.1) is 0 Å². The minimum Gasteiger partial charge on any atom is -0.396 e. The van der Waals surface area contributed by atoms with Crippen molar-refractivity contribution >= 4 is 0 Å². The molecule has 1 saturated heterocycles. The third-order valence-corrected chi connectivity index (χ3v) is 3.15. The van der Waals surface area contributed by atoms with Gasteiger partial charge in [0, 0.05) is 12.0 Å². The van der Waals surface area contributed by atoms with Gasteiger partial charge in [-0.3, -0.25) is 0 Å². The summed E-state index contributed by atoms with van der Waals surface area (Å²) in [6.07, 6.45) is 3.32. The second-order valence-corrected chi connectivity index (χ2v) is 5.42. The maximum absolute atomic E-state index is 9.24. The summed E-state index contributed by atoms with van der Waals surface area (Å²) in [4.78, 5) is 0. The Hall–Kier alpha value is -0.120. The highest BCUT2D eigenvalue weighted by molar-refractivity contribution is 4.86. The monoisotopic (exact) mass is 201 g/mol. The molecule has 3 N–H and O–H groups in total. The van der Waals surface area contributed by atoms with Gasteiger partial charge in [0.05, 0.1) is 11.7 Å². The zero-order chi connectivity index (χ0) is 10.8. The Morgan fingerprint density at radius 1 is 1.57 bits per heavy atom. The highest BCUT2D eigenvalue weighted by Gasteiger charge is 2.35. The fourth-order valence-corrected chi connectivity index (χ4v) is 1.98. The van der Waals surface area contributed by atoms with Crippen LogP contribution in [-0.2, 0) is 4.74 Å². The van der Waals surface area contributed by atoms with Gasteiger partial charge < -0.3 is 15.6 Å². The van der Waals surface area contributed by atoms with Gasteiger partial charge in [-0.25, -0.2) is 0 Å². The second kappa shape index (κ2) is 4.17. The molecule has 84 valence electrons. The average molecular weight is 201 g/mol. The summed E-state index contributed by atoms with van der Waals surface area (Å²) in [7, 11) is 0. The van der Waals surface area contributed by atoms with Crippen molar-refractivity contribution < 1.29 is 9.84 Å². The van der Waals surface area contributed by atoms with Gasteiger partial charge in [-0.05, 0) is 39.7 Å². The number of nitrogens with two attached hydrogens (primary N) is 1. The number of aliphatic hydroxyl groups is 1. The fraction of sp³-hybridized carbons (Fsp3) is 1.00. The summed E-state index contributed by atoms with van der Waals surface area (Å²) < 4.78 is 5.88. The van der Waals surface area contributed by atoms with Gasteiger partial charge >= 0.3 is 0 Å². The molecule has 1 rings (SSSR count). The van der Waals surface area contributed by atoms with E-state index in [9.17, 15) is 5.11 Å². The lowest BCUT2D eigenvalue weighted by Gasteiger charge is -2.29. The third-order valence-electron chi connectivity index (χ3n) is 3.15. The Labute approximate surface area is 86.6 Å². The van der Waals surface area contributed by atoms with Gasteiger partial charge in [-0.1, -0.05) is 6.92 Å². The fourth-order valence-electron chi connectivity index (χ4n) is 1.98. The Balaban J connectivity index is 2.46. The lowest BCUT2D eigenvalue weighted by Crippen LogP contribution is -2.35. The molecule has 2 atom stereocenters. The summed E-state index contributed by atoms with van der Waals surface area (Å²) in [5, 5.41) is 9.24. The van der Waals surface area contributed by atoms with Crippen molar-refractivity contribution in [2.24, 2.45) is 11.1 Å². The maximum atomic E-state index is 9.24. The molecular weight excluding hydrogens is 178 g/mol. The molecule has 0 radical (unpaired) electrons. The zero-order valence-electron chi connectivity index (χ0n) is 9.55. The summed E-state index contributed by atoms with van der Waals surface area (Å²) in [6.45, 7) is 6.91. The van der Waals surface area contributed by atoms with Crippen molar-refractivity contribution in [3.8, 4) is 0 Å². The number of aliphatic hydroxyl groups excluding tert-OH is 1. The first-order valence-electron chi connectivity index (χ1n) is 5.40. The van der Waals surface area contributed by atoms with Crippen LogP contribution in [0, 0.1) is 5.41 Å². The van der Waals surface area contributed by atoms with E-state index in [1.165, 1.54) is 0 Å². The van der Waals surface area contributed by atoms with Crippen LogP contribution in [0.2, 0.25) is 0 Å². The van der Waals surface area contributed by atoms with Crippen LogP contribution in [0.5, 0.6) is 0 Å². The maximum Gasteiger partial charge on any atom is 0.0631 e. The predicted octanol–water partition coefficient (Wildman–Crippen LogP) is 1.29. The normalized spacial score (nSPS) is 30.2. The summed E-state index contributed by atoms with van der Waals surface area (Å²) in [5.74, 6) is 0. The molecule has 1 aliphatic rings. The summed E-state index contributed by atoms with van der Waals surface area (Å²) in [5.41, 5.74) is 5.48. The van der Waals surface area contributed by atoms with Crippen LogP contribution in [0.4, 0.5) is 0 Å². The van der Waals surface area contributed by atoms with Crippen LogP contribution in [0.15, 0.2) is 0 Å². The van der Waals surface area contributed by atoms with E-state index in [2.05, 4.69) is 13.8 Å². The van der Waals surface area contributed by atoms with Gasteiger partial charge in [0.1, 0.15) is 0 Å². The molecule has 0 aromatic rings. The van der Waals surface area contributed by atoms with E-state index in [4.69, 9.17) is 10.5 Å². The van der Waals surface area contributed by atoms with Crippen LogP contribution in [-0.4, -0.2) is 30.0 Å². The Morgan fingerprint density at radius 2 is 2.21 bits per heavy atom. The molecule has 2 unspecified atom stereocenters. The second-order valence-electron chi connectivity index (χ2n) is 5.42. The highest BCUT2D eigenvalue weighted by atomic mass is 16.5. The van der Waals surface area contributed by atoms with Gasteiger partial charge in [0.25, 0.3) is 0 Å². The SMILES string of the molecule is CC(CN)(CO)CC1CCC(C)(C)O1. The first-order valence-corrected chi connectivity index (χ1v) is 5.40. The molecule has 0 amide bonds. The number of ether oxygens (including phenoxy) is 1. The van der Waals surface area contributed by atoms with E-state index in [1.807, 2.05) is 6.92 Å².